The number of carbonyl (C=O) groups is 1. The van der Waals surface area contributed by atoms with Gasteiger partial charge in [-0.1, -0.05) is 42.5 Å². The number of benzene rings is 3. The van der Waals surface area contributed by atoms with Crippen molar-refractivity contribution in [3.05, 3.63) is 106 Å². The number of aromatic nitrogens is 2. The molecular formula is C25H23N3O2. The van der Waals surface area contributed by atoms with Gasteiger partial charge in [0.15, 0.2) is 0 Å². The van der Waals surface area contributed by atoms with Crippen LogP contribution in [-0.4, -0.2) is 27.4 Å². The van der Waals surface area contributed by atoms with Crippen molar-refractivity contribution in [3.8, 4) is 5.69 Å². The lowest BCUT2D eigenvalue weighted by Gasteiger charge is -2.25. The molecule has 0 spiro atoms. The van der Waals surface area contributed by atoms with Crippen LogP contribution in [0.5, 0.6) is 0 Å². The van der Waals surface area contributed by atoms with Crippen molar-refractivity contribution in [2.75, 3.05) is 7.05 Å². The van der Waals surface area contributed by atoms with Gasteiger partial charge >= 0.3 is 0 Å². The Hall–Kier alpha value is -3.73. The summed E-state index contributed by atoms with van der Waals surface area (Å²) in [5.74, 6) is 0.534. The van der Waals surface area contributed by atoms with Gasteiger partial charge in [-0.2, -0.15) is 0 Å². The molecule has 0 unspecified atom stereocenters. The molecule has 150 valence electrons. The summed E-state index contributed by atoms with van der Waals surface area (Å²) >= 11 is 0. The maximum absolute atomic E-state index is 13.0. The molecule has 4 aromatic rings. The van der Waals surface area contributed by atoms with Gasteiger partial charge in [-0.3, -0.25) is 14.2 Å². The van der Waals surface area contributed by atoms with Gasteiger partial charge in [0.05, 0.1) is 22.6 Å². The van der Waals surface area contributed by atoms with E-state index in [2.05, 4.69) is 4.98 Å². The van der Waals surface area contributed by atoms with Crippen molar-refractivity contribution in [2.24, 2.45) is 0 Å². The summed E-state index contributed by atoms with van der Waals surface area (Å²) < 4.78 is 1.58. The van der Waals surface area contributed by atoms with Gasteiger partial charge in [-0.25, -0.2) is 4.98 Å². The van der Waals surface area contributed by atoms with Crippen LogP contribution in [0.25, 0.3) is 16.6 Å². The Labute approximate surface area is 175 Å². The van der Waals surface area contributed by atoms with E-state index in [0.29, 0.717) is 28.0 Å². The lowest BCUT2D eigenvalue weighted by atomic mass is 10.1. The fraction of sp³-hybridized carbons (Fsp3) is 0.160. The predicted octanol–water partition coefficient (Wildman–Crippen LogP) is 4.53. The minimum Gasteiger partial charge on any atom is -0.335 e. The molecule has 5 heteroatoms. The van der Waals surface area contributed by atoms with Crippen molar-refractivity contribution in [2.45, 2.75) is 19.9 Å². The van der Waals surface area contributed by atoms with Crippen LogP contribution < -0.4 is 5.56 Å². The number of rotatable bonds is 4. The van der Waals surface area contributed by atoms with Gasteiger partial charge in [0.25, 0.3) is 11.5 Å². The van der Waals surface area contributed by atoms with E-state index in [9.17, 15) is 9.59 Å². The normalized spacial score (nSPS) is 12.0. The zero-order valence-electron chi connectivity index (χ0n) is 17.2. The molecule has 5 nitrogen and oxygen atoms in total. The van der Waals surface area contributed by atoms with Crippen molar-refractivity contribution in [3.63, 3.8) is 0 Å². The number of fused-ring (bicyclic) bond motifs is 1. The highest BCUT2D eigenvalue weighted by molar-refractivity contribution is 5.94. The zero-order chi connectivity index (χ0) is 21.3. The smallest absolute Gasteiger partial charge is 0.265 e. The summed E-state index contributed by atoms with van der Waals surface area (Å²) in [5.41, 5.74) is 2.90. The molecule has 0 aliphatic rings. The Bertz CT molecular complexity index is 1260. The maximum atomic E-state index is 13.0. The third-order valence-electron chi connectivity index (χ3n) is 5.50. The third kappa shape index (κ3) is 3.50. The highest BCUT2D eigenvalue weighted by atomic mass is 16.2. The Morgan fingerprint density at radius 3 is 2.27 bits per heavy atom. The van der Waals surface area contributed by atoms with Gasteiger partial charge in [-0.05, 0) is 55.8 Å². The first-order chi connectivity index (χ1) is 14.5. The van der Waals surface area contributed by atoms with Gasteiger partial charge < -0.3 is 4.90 Å². The van der Waals surface area contributed by atoms with Gasteiger partial charge in [-0.15, -0.1) is 0 Å². The number of amides is 1. The second kappa shape index (κ2) is 7.95. The van der Waals surface area contributed by atoms with Crippen LogP contribution >= 0.6 is 0 Å². The molecule has 0 aliphatic carbocycles. The summed E-state index contributed by atoms with van der Waals surface area (Å²) in [4.78, 5) is 32.2. The van der Waals surface area contributed by atoms with E-state index < -0.39 is 0 Å². The summed E-state index contributed by atoms with van der Waals surface area (Å²) in [5, 5.41) is 0.569. The van der Waals surface area contributed by atoms with E-state index in [4.69, 9.17) is 0 Å². The number of hydrogen-bond acceptors (Lipinski definition) is 3. The minimum atomic E-state index is -0.119. The maximum Gasteiger partial charge on any atom is 0.265 e. The Morgan fingerprint density at radius 2 is 1.57 bits per heavy atom. The first-order valence-corrected chi connectivity index (χ1v) is 9.88. The summed E-state index contributed by atoms with van der Waals surface area (Å²) in [7, 11) is 1.80. The average Bonchev–Trinajstić information content (AvgIpc) is 2.78. The molecule has 0 fully saturated rings. The molecule has 30 heavy (non-hydrogen) atoms. The van der Waals surface area contributed by atoms with Gasteiger partial charge in [0.2, 0.25) is 0 Å². The molecule has 0 radical (unpaired) electrons. The van der Waals surface area contributed by atoms with E-state index in [0.717, 1.165) is 5.56 Å². The molecule has 1 heterocycles. The lowest BCUT2D eigenvalue weighted by Crippen LogP contribution is -2.29. The van der Waals surface area contributed by atoms with E-state index in [-0.39, 0.29) is 17.5 Å². The SMILES string of the molecule is Cc1nc2ccccc2c(=O)n1-c1ccc(C(=O)N(C)[C@@H](C)c2ccccc2)cc1. The lowest BCUT2D eigenvalue weighted by molar-refractivity contribution is 0.0742. The fourth-order valence-corrected chi connectivity index (χ4v) is 3.64. The van der Waals surface area contributed by atoms with E-state index in [1.54, 1.807) is 46.8 Å². The first kappa shape index (κ1) is 19.6. The second-order valence-electron chi connectivity index (χ2n) is 7.37. The van der Waals surface area contributed by atoms with Crippen molar-refractivity contribution in [1.29, 1.82) is 0 Å². The molecule has 0 saturated heterocycles. The fourth-order valence-electron chi connectivity index (χ4n) is 3.64. The summed E-state index contributed by atoms with van der Waals surface area (Å²) in [6.07, 6.45) is 0. The average molecular weight is 397 g/mol. The highest BCUT2D eigenvalue weighted by Gasteiger charge is 2.19. The molecule has 0 saturated carbocycles. The molecule has 1 amide bonds. The van der Waals surface area contributed by atoms with Crippen LogP contribution in [-0.2, 0) is 0 Å². The standard InChI is InChI=1S/C25H23N3O2/c1-17(19-9-5-4-6-10-19)27(3)24(29)20-13-15-21(16-14-20)28-18(2)26-23-12-8-7-11-22(23)25(28)30/h4-17H,1-3H3/t17-/m0/s1. The topological polar surface area (TPSA) is 55.2 Å². The largest absolute Gasteiger partial charge is 0.335 e. The molecule has 0 N–H and O–H groups in total. The van der Waals surface area contributed by atoms with Crippen molar-refractivity contribution >= 4 is 16.8 Å². The van der Waals surface area contributed by atoms with Crippen LogP contribution in [0, 0.1) is 6.92 Å². The van der Waals surface area contributed by atoms with Gasteiger partial charge in [0.1, 0.15) is 5.82 Å². The predicted molar refractivity (Wildman–Crippen MR) is 119 cm³/mol. The summed E-state index contributed by atoms with van der Waals surface area (Å²) in [6, 6.07) is 24.3. The molecule has 3 aromatic carbocycles. The van der Waals surface area contributed by atoms with E-state index in [1.165, 1.54) is 0 Å². The minimum absolute atomic E-state index is 0.0482. The number of nitrogens with zero attached hydrogens (tertiary/aromatic N) is 3. The Morgan fingerprint density at radius 1 is 0.933 bits per heavy atom. The Kier molecular flexibility index (Phi) is 5.19. The van der Waals surface area contributed by atoms with E-state index in [1.807, 2.05) is 62.4 Å². The first-order valence-electron chi connectivity index (χ1n) is 9.88. The molecular weight excluding hydrogens is 374 g/mol. The van der Waals surface area contributed by atoms with Crippen LogP contribution in [0.3, 0.4) is 0 Å². The van der Waals surface area contributed by atoms with Gasteiger partial charge in [0, 0.05) is 12.6 Å². The number of para-hydroxylation sites is 1. The van der Waals surface area contributed by atoms with Crippen LogP contribution in [0.2, 0.25) is 0 Å². The third-order valence-corrected chi connectivity index (χ3v) is 5.50. The quantitative estimate of drug-likeness (QED) is 0.508. The highest BCUT2D eigenvalue weighted by Crippen LogP contribution is 2.21. The Balaban J connectivity index is 1.64. The number of hydrogen-bond donors (Lipinski definition) is 0. The zero-order valence-corrected chi connectivity index (χ0v) is 17.2. The number of carbonyl (C=O) groups excluding carboxylic acids is 1. The molecule has 0 aliphatic heterocycles. The van der Waals surface area contributed by atoms with Crippen molar-refractivity contribution in [1.82, 2.24) is 14.5 Å². The van der Waals surface area contributed by atoms with E-state index >= 15 is 0 Å². The molecule has 1 aromatic heterocycles. The summed E-state index contributed by atoms with van der Waals surface area (Å²) in [6.45, 7) is 3.81. The van der Waals surface area contributed by atoms with Crippen LogP contribution in [0.1, 0.15) is 34.7 Å². The molecule has 4 rings (SSSR count). The van der Waals surface area contributed by atoms with Crippen LogP contribution in [0.15, 0.2) is 83.7 Å². The number of aryl methyl sites for hydroxylation is 1. The monoisotopic (exact) mass is 397 g/mol. The molecule has 0 bridgehead atoms. The second-order valence-corrected chi connectivity index (χ2v) is 7.37. The van der Waals surface area contributed by atoms with Crippen molar-refractivity contribution < 1.29 is 4.79 Å². The van der Waals surface area contributed by atoms with Crippen LogP contribution in [0.4, 0.5) is 0 Å². The molecule has 1 atom stereocenters.